The van der Waals surface area contributed by atoms with Crippen LogP contribution in [0.5, 0.6) is 0 Å². The molecule has 72 valence electrons. The van der Waals surface area contributed by atoms with E-state index in [0.717, 1.165) is 5.92 Å². The average Bonchev–Trinajstić information content (AvgIpc) is 2.51. The molecule has 1 atom stereocenters. The van der Waals surface area contributed by atoms with Gasteiger partial charge in [-0.1, -0.05) is 0 Å². The Morgan fingerprint density at radius 2 is 2.25 bits per heavy atom. The van der Waals surface area contributed by atoms with Gasteiger partial charge in [0.05, 0.1) is 0 Å². The van der Waals surface area contributed by atoms with E-state index >= 15 is 0 Å². The Morgan fingerprint density at radius 3 is 2.75 bits per heavy atom. The fraction of sp³-hybridized carbons (Fsp3) is 1.00. The van der Waals surface area contributed by atoms with Crippen molar-refractivity contribution < 1.29 is 0 Å². The second kappa shape index (κ2) is 4.83. The molecular weight excluding hydrogens is 148 g/mol. The van der Waals surface area contributed by atoms with Gasteiger partial charge in [-0.2, -0.15) is 0 Å². The van der Waals surface area contributed by atoms with Gasteiger partial charge in [-0.15, -0.1) is 0 Å². The van der Waals surface area contributed by atoms with Crippen LogP contribution in [0.1, 0.15) is 26.7 Å². The number of hydrogen-bond acceptors (Lipinski definition) is 2. The Hall–Kier alpha value is -0.0800. The second-order valence-corrected chi connectivity index (χ2v) is 4.22. The lowest BCUT2D eigenvalue weighted by Gasteiger charge is -2.22. The zero-order chi connectivity index (χ0) is 8.97. The van der Waals surface area contributed by atoms with Crippen molar-refractivity contribution in [3.05, 3.63) is 0 Å². The topological polar surface area (TPSA) is 15.3 Å². The van der Waals surface area contributed by atoms with Crippen molar-refractivity contribution in [2.45, 2.75) is 32.7 Å². The van der Waals surface area contributed by atoms with E-state index in [1.165, 1.54) is 32.5 Å². The zero-order valence-electron chi connectivity index (χ0n) is 8.64. The van der Waals surface area contributed by atoms with Crippen molar-refractivity contribution in [2.24, 2.45) is 5.92 Å². The van der Waals surface area contributed by atoms with E-state index in [2.05, 4.69) is 31.1 Å². The number of nitrogens with one attached hydrogen (secondary N) is 1. The first-order chi connectivity index (χ1) is 5.70. The predicted octanol–water partition coefficient (Wildman–Crippen LogP) is 1.33. The maximum absolute atomic E-state index is 3.41. The molecule has 1 aliphatic heterocycles. The van der Waals surface area contributed by atoms with Gasteiger partial charge < -0.3 is 10.2 Å². The lowest BCUT2D eigenvalue weighted by Crippen LogP contribution is -2.28. The van der Waals surface area contributed by atoms with Crippen LogP contribution < -0.4 is 5.32 Å². The van der Waals surface area contributed by atoms with Crippen LogP contribution >= 0.6 is 0 Å². The minimum absolute atomic E-state index is 0.694. The Bertz CT molecular complexity index is 115. The third kappa shape index (κ3) is 3.11. The standard InChI is InChI=1S/C10H22N2/c1-9(2)12(3)7-5-10-4-6-11-8-10/h9-11H,4-8H2,1-3H3. The molecule has 1 rings (SSSR count). The predicted molar refractivity (Wildman–Crippen MR) is 53.4 cm³/mol. The van der Waals surface area contributed by atoms with Crippen LogP contribution in [0.15, 0.2) is 0 Å². The molecule has 1 unspecified atom stereocenters. The van der Waals surface area contributed by atoms with Gasteiger partial charge in [0.1, 0.15) is 0 Å². The highest BCUT2D eigenvalue weighted by atomic mass is 15.1. The molecule has 12 heavy (non-hydrogen) atoms. The van der Waals surface area contributed by atoms with E-state index in [4.69, 9.17) is 0 Å². The summed E-state index contributed by atoms with van der Waals surface area (Å²) < 4.78 is 0. The molecule has 0 saturated carbocycles. The van der Waals surface area contributed by atoms with Gasteiger partial charge in [0.2, 0.25) is 0 Å². The normalized spacial score (nSPS) is 24.2. The van der Waals surface area contributed by atoms with Crippen molar-refractivity contribution in [3.63, 3.8) is 0 Å². The maximum atomic E-state index is 3.41. The molecule has 0 aromatic rings. The molecule has 0 bridgehead atoms. The summed E-state index contributed by atoms with van der Waals surface area (Å²) in [5.74, 6) is 0.936. The molecule has 2 heteroatoms. The summed E-state index contributed by atoms with van der Waals surface area (Å²) >= 11 is 0. The fourth-order valence-corrected chi connectivity index (χ4v) is 1.61. The van der Waals surface area contributed by atoms with Crippen molar-refractivity contribution in [3.8, 4) is 0 Å². The minimum atomic E-state index is 0.694. The SMILES string of the molecule is CC(C)N(C)CCC1CCNC1. The van der Waals surface area contributed by atoms with Crippen molar-refractivity contribution in [1.82, 2.24) is 10.2 Å². The highest BCUT2D eigenvalue weighted by molar-refractivity contribution is 4.72. The third-order valence-corrected chi connectivity index (χ3v) is 2.93. The third-order valence-electron chi connectivity index (χ3n) is 2.93. The van der Waals surface area contributed by atoms with Crippen LogP contribution in [0.3, 0.4) is 0 Å². The van der Waals surface area contributed by atoms with Gasteiger partial charge in [0.25, 0.3) is 0 Å². The Labute approximate surface area is 76.3 Å². The summed E-state index contributed by atoms with van der Waals surface area (Å²) in [5.41, 5.74) is 0. The lowest BCUT2D eigenvalue weighted by molar-refractivity contribution is 0.254. The van der Waals surface area contributed by atoms with E-state index in [-0.39, 0.29) is 0 Å². The zero-order valence-corrected chi connectivity index (χ0v) is 8.64. The number of hydrogen-bond donors (Lipinski definition) is 1. The lowest BCUT2D eigenvalue weighted by atomic mass is 10.0. The summed E-state index contributed by atoms with van der Waals surface area (Å²) in [7, 11) is 2.22. The molecule has 1 heterocycles. The number of rotatable bonds is 4. The fourth-order valence-electron chi connectivity index (χ4n) is 1.61. The molecule has 2 nitrogen and oxygen atoms in total. The van der Waals surface area contributed by atoms with Crippen LogP contribution in [0.2, 0.25) is 0 Å². The van der Waals surface area contributed by atoms with Crippen molar-refractivity contribution in [1.29, 1.82) is 0 Å². The Balaban J connectivity index is 2.07. The van der Waals surface area contributed by atoms with Crippen LogP contribution in [0, 0.1) is 5.92 Å². The van der Waals surface area contributed by atoms with Gasteiger partial charge in [-0.25, -0.2) is 0 Å². The number of nitrogens with zero attached hydrogens (tertiary/aromatic N) is 1. The molecule has 1 saturated heterocycles. The van der Waals surface area contributed by atoms with Crippen LogP contribution in [0.25, 0.3) is 0 Å². The van der Waals surface area contributed by atoms with E-state index < -0.39 is 0 Å². The van der Waals surface area contributed by atoms with Crippen molar-refractivity contribution >= 4 is 0 Å². The van der Waals surface area contributed by atoms with Crippen LogP contribution in [-0.2, 0) is 0 Å². The van der Waals surface area contributed by atoms with Gasteiger partial charge >= 0.3 is 0 Å². The molecule has 0 aromatic heterocycles. The van der Waals surface area contributed by atoms with E-state index in [9.17, 15) is 0 Å². The van der Waals surface area contributed by atoms with E-state index in [0.29, 0.717) is 6.04 Å². The minimum Gasteiger partial charge on any atom is -0.316 e. The monoisotopic (exact) mass is 170 g/mol. The van der Waals surface area contributed by atoms with Gasteiger partial charge in [0, 0.05) is 6.04 Å². The first-order valence-electron chi connectivity index (χ1n) is 5.11. The second-order valence-electron chi connectivity index (χ2n) is 4.22. The molecule has 0 aromatic carbocycles. The quantitative estimate of drug-likeness (QED) is 0.684. The van der Waals surface area contributed by atoms with Crippen LogP contribution in [0.4, 0.5) is 0 Å². The van der Waals surface area contributed by atoms with Gasteiger partial charge in [-0.3, -0.25) is 0 Å². The first kappa shape index (κ1) is 10.0. The first-order valence-corrected chi connectivity index (χ1v) is 5.11. The molecule has 0 amide bonds. The molecule has 0 spiro atoms. The largest absolute Gasteiger partial charge is 0.316 e. The summed E-state index contributed by atoms with van der Waals surface area (Å²) in [4.78, 5) is 2.43. The molecule has 0 radical (unpaired) electrons. The Morgan fingerprint density at radius 1 is 1.50 bits per heavy atom. The van der Waals surface area contributed by atoms with Crippen LogP contribution in [-0.4, -0.2) is 37.6 Å². The van der Waals surface area contributed by atoms with Gasteiger partial charge in [0.15, 0.2) is 0 Å². The van der Waals surface area contributed by atoms with Gasteiger partial charge in [-0.05, 0) is 59.3 Å². The average molecular weight is 170 g/mol. The highest BCUT2D eigenvalue weighted by Gasteiger charge is 2.15. The molecule has 0 aliphatic carbocycles. The summed E-state index contributed by atoms with van der Waals surface area (Å²) in [5, 5.41) is 3.41. The summed E-state index contributed by atoms with van der Waals surface area (Å²) in [6.45, 7) is 8.24. The highest BCUT2D eigenvalue weighted by Crippen LogP contribution is 2.12. The maximum Gasteiger partial charge on any atom is 0.00355 e. The summed E-state index contributed by atoms with van der Waals surface area (Å²) in [6, 6.07) is 0.694. The van der Waals surface area contributed by atoms with E-state index in [1.54, 1.807) is 0 Å². The summed E-state index contributed by atoms with van der Waals surface area (Å²) in [6.07, 6.45) is 2.74. The Kier molecular flexibility index (Phi) is 4.02. The molecule has 1 fully saturated rings. The van der Waals surface area contributed by atoms with E-state index in [1.807, 2.05) is 0 Å². The molecule has 1 N–H and O–H groups in total. The van der Waals surface area contributed by atoms with Crippen molar-refractivity contribution in [2.75, 3.05) is 26.7 Å². The molecular formula is C10H22N2. The molecule has 1 aliphatic rings. The smallest absolute Gasteiger partial charge is 0.00355 e.